The zero-order valence-corrected chi connectivity index (χ0v) is 16.8. The lowest BCUT2D eigenvalue weighted by molar-refractivity contribution is 0.0597. The highest BCUT2D eigenvalue weighted by atomic mass is 35.5. The van der Waals surface area contributed by atoms with Gasteiger partial charge in [-0.25, -0.2) is 4.79 Å². The van der Waals surface area contributed by atoms with E-state index < -0.39 is 26.7 Å². The van der Waals surface area contributed by atoms with Crippen LogP contribution in [0.2, 0.25) is 5.02 Å². The number of aromatic hydroxyl groups is 1. The van der Waals surface area contributed by atoms with Crippen molar-refractivity contribution in [1.29, 1.82) is 0 Å². The van der Waals surface area contributed by atoms with Gasteiger partial charge in [0.05, 0.1) is 7.11 Å². The predicted octanol–water partition coefficient (Wildman–Crippen LogP) is 4.96. The molecule has 0 aliphatic rings. The maximum absolute atomic E-state index is 12.0. The number of methoxy groups -OCH3 is 1. The lowest BCUT2D eigenvalue weighted by Crippen LogP contribution is -2.01. The third-order valence-corrected chi connectivity index (χ3v) is 5.47. The topological polar surface area (TPSA) is 126 Å². The normalized spacial score (nSPS) is 11.9. The fourth-order valence-corrected chi connectivity index (χ4v) is 3.57. The van der Waals surface area contributed by atoms with Crippen LogP contribution in [-0.2, 0) is 14.9 Å². The fourth-order valence-electron chi connectivity index (χ4n) is 2.72. The van der Waals surface area contributed by atoms with Crippen LogP contribution in [0.1, 0.15) is 15.9 Å². The zero-order valence-electron chi connectivity index (χ0n) is 15.2. The summed E-state index contributed by atoms with van der Waals surface area (Å²) in [5.41, 5.74) is -0.00661. The third-order valence-electron chi connectivity index (χ3n) is 4.18. The van der Waals surface area contributed by atoms with Crippen LogP contribution in [0.15, 0.2) is 57.6 Å². The van der Waals surface area contributed by atoms with Gasteiger partial charge in [0.25, 0.3) is 10.1 Å². The molecule has 29 heavy (non-hydrogen) atoms. The Kier molecular flexibility index (Phi) is 5.56. The van der Waals surface area contributed by atoms with Crippen molar-refractivity contribution < 1.29 is 27.6 Å². The van der Waals surface area contributed by atoms with Gasteiger partial charge < -0.3 is 9.84 Å². The van der Waals surface area contributed by atoms with E-state index in [1.54, 1.807) is 31.2 Å². The number of carbonyl (C=O) groups is 1. The summed E-state index contributed by atoms with van der Waals surface area (Å²) in [4.78, 5) is 11.5. The van der Waals surface area contributed by atoms with Gasteiger partial charge in [-0.15, -0.1) is 10.2 Å². The van der Waals surface area contributed by atoms with Gasteiger partial charge in [0.15, 0.2) is 5.75 Å². The van der Waals surface area contributed by atoms with Crippen LogP contribution >= 0.6 is 11.6 Å². The van der Waals surface area contributed by atoms with Crippen LogP contribution in [-0.4, -0.2) is 31.2 Å². The summed E-state index contributed by atoms with van der Waals surface area (Å²) in [6.07, 6.45) is 0. The van der Waals surface area contributed by atoms with E-state index in [2.05, 4.69) is 15.0 Å². The Morgan fingerprint density at radius 2 is 1.83 bits per heavy atom. The van der Waals surface area contributed by atoms with Gasteiger partial charge in [-0.1, -0.05) is 35.9 Å². The Bertz CT molecular complexity index is 1270. The van der Waals surface area contributed by atoms with Crippen molar-refractivity contribution in [3.63, 3.8) is 0 Å². The minimum Gasteiger partial charge on any atom is -0.505 e. The van der Waals surface area contributed by atoms with Crippen molar-refractivity contribution in [3.05, 3.63) is 58.6 Å². The molecule has 0 aromatic heterocycles. The minimum atomic E-state index is -4.60. The number of phenolic OH excluding ortho intramolecular Hbond substituents is 1. The van der Waals surface area contributed by atoms with Gasteiger partial charge in [0, 0.05) is 10.4 Å². The maximum Gasteiger partial charge on any atom is 0.341 e. The summed E-state index contributed by atoms with van der Waals surface area (Å²) in [5.74, 6) is -1.26. The van der Waals surface area contributed by atoms with Crippen LogP contribution in [0.3, 0.4) is 0 Å². The summed E-state index contributed by atoms with van der Waals surface area (Å²) in [6, 6.07) is 10.6. The molecule has 0 radical (unpaired) electrons. The molecule has 0 fully saturated rings. The van der Waals surface area contributed by atoms with E-state index in [0.717, 1.165) is 6.07 Å². The van der Waals surface area contributed by atoms with E-state index >= 15 is 0 Å². The average molecular weight is 435 g/mol. The lowest BCUT2D eigenvalue weighted by atomic mass is 10.0. The number of azo groups is 1. The molecule has 0 amide bonds. The van der Waals surface area contributed by atoms with Gasteiger partial charge in [0.2, 0.25) is 0 Å². The molecule has 0 bridgehead atoms. The smallest absolute Gasteiger partial charge is 0.341 e. The van der Waals surface area contributed by atoms with E-state index in [0.29, 0.717) is 16.3 Å². The average Bonchev–Trinajstić information content (AvgIpc) is 2.67. The number of halogens is 1. The number of rotatable bonds is 4. The number of carbonyl (C=O) groups excluding carboxylic acids is 1. The van der Waals surface area contributed by atoms with Gasteiger partial charge in [-0.2, -0.15) is 8.42 Å². The Morgan fingerprint density at radius 3 is 2.48 bits per heavy atom. The fraction of sp³-hybridized carbons (Fsp3) is 0.105. The highest BCUT2D eigenvalue weighted by molar-refractivity contribution is 7.86. The van der Waals surface area contributed by atoms with Crippen LogP contribution in [0.5, 0.6) is 5.75 Å². The number of hydrogen-bond acceptors (Lipinski definition) is 7. The van der Waals surface area contributed by atoms with Crippen LogP contribution in [0.4, 0.5) is 11.4 Å². The largest absolute Gasteiger partial charge is 0.505 e. The summed E-state index contributed by atoms with van der Waals surface area (Å²) < 4.78 is 37.5. The Balaban J connectivity index is 2.26. The molecule has 3 aromatic rings. The second-order valence-electron chi connectivity index (χ2n) is 6.08. The second-order valence-corrected chi connectivity index (χ2v) is 7.88. The van der Waals surface area contributed by atoms with Gasteiger partial charge in [0.1, 0.15) is 21.8 Å². The molecule has 8 nitrogen and oxygen atoms in total. The van der Waals surface area contributed by atoms with Crippen molar-refractivity contribution in [2.24, 2.45) is 10.2 Å². The minimum absolute atomic E-state index is 0.0681. The lowest BCUT2D eigenvalue weighted by Gasteiger charge is -2.09. The summed E-state index contributed by atoms with van der Waals surface area (Å²) in [6.45, 7) is 1.57. The number of esters is 1. The first-order valence-corrected chi connectivity index (χ1v) is 9.97. The predicted molar refractivity (Wildman–Crippen MR) is 107 cm³/mol. The summed E-state index contributed by atoms with van der Waals surface area (Å²) >= 11 is 6.04. The Hall–Kier alpha value is -3.01. The molecule has 0 aliphatic carbocycles. The van der Waals surface area contributed by atoms with E-state index in [1.807, 2.05) is 0 Å². The number of benzene rings is 3. The summed E-state index contributed by atoms with van der Waals surface area (Å²) in [5, 5.41) is 19.6. The van der Waals surface area contributed by atoms with Crippen LogP contribution in [0, 0.1) is 6.92 Å². The van der Waals surface area contributed by atoms with Crippen molar-refractivity contribution in [1.82, 2.24) is 0 Å². The highest BCUT2D eigenvalue weighted by Gasteiger charge is 2.20. The molecule has 0 spiro atoms. The van der Waals surface area contributed by atoms with Crippen LogP contribution in [0.25, 0.3) is 10.8 Å². The number of hydrogen-bond donors (Lipinski definition) is 2. The second kappa shape index (κ2) is 7.78. The molecule has 0 saturated carbocycles. The van der Waals surface area contributed by atoms with Gasteiger partial charge in [-0.05, 0) is 36.1 Å². The van der Waals surface area contributed by atoms with Crippen LogP contribution < -0.4 is 0 Å². The van der Waals surface area contributed by atoms with E-state index in [4.69, 9.17) is 11.6 Å². The molecular weight excluding hydrogens is 420 g/mol. The number of ether oxygens (including phenoxy) is 1. The molecule has 3 rings (SSSR count). The first-order valence-electron chi connectivity index (χ1n) is 8.16. The quantitative estimate of drug-likeness (QED) is 0.339. The molecule has 0 atom stereocenters. The van der Waals surface area contributed by atoms with Crippen molar-refractivity contribution in [2.45, 2.75) is 11.8 Å². The number of nitrogens with zero attached hydrogens (tertiary/aromatic N) is 2. The number of phenols is 1. The highest BCUT2D eigenvalue weighted by Crippen LogP contribution is 2.40. The van der Waals surface area contributed by atoms with E-state index in [1.165, 1.54) is 19.2 Å². The monoisotopic (exact) mass is 434 g/mol. The summed E-state index contributed by atoms with van der Waals surface area (Å²) in [7, 11) is -3.43. The van der Waals surface area contributed by atoms with Gasteiger partial charge >= 0.3 is 5.97 Å². The molecule has 0 heterocycles. The number of aryl methyl sites for hydroxylation is 1. The van der Waals surface area contributed by atoms with Crippen molar-refractivity contribution in [2.75, 3.05) is 7.11 Å². The molecule has 0 aliphatic heterocycles. The van der Waals surface area contributed by atoms with Crippen molar-refractivity contribution >= 4 is 49.8 Å². The van der Waals surface area contributed by atoms with E-state index in [-0.39, 0.29) is 22.0 Å². The first kappa shape index (κ1) is 20.7. The standard InChI is InChI=1S/C19H15ClN2O6S/c1-10-7-16(29(25,26)27)15(9-14(10)20)21-22-17-12-6-4-3-5-11(12)8-13(18(17)23)19(24)28-2/h3-9,23H,1-2H3,(H,25,26,27). The molecule has 150 valence electrons. The molecule has 0 unspecified atom stereocenters. The zero-order chi connectivity index (χ0) is 21.3. The molecule has 0 saturated heterocycles. The molecule has 3 aromatic carbocycles. The Labute approximate surface area is 171 Å². The molecular formula is C19H15ClN2O6S. The maximum atomic E-state index is 12.0. The number of fused-ring (bicyclic) bond motifs is 1. The molecule has 2 N–H and O–H groups in total. The third kappa shape index (κ3) is 4.07. The van der Waals surface area contributed by atoms with Gasteiger partial charge in [-0.3, -0.25) is 4.55 Å². The van der Waals surface area contributed by atoms with E-state index in [9.17, 15) is 22.9 Å². The SMILES string of the molecule is COC(=O)c1cc2ccccc2c(N=Nc2cc(Cl)c(C)cc2S(=O)(=O)O)c1O. The first-order chi connectivity index (χ1) is 13.6. The van der Waals surface area contributed by atoms with Crippen molar-refractivity contribution in [3.8, 4) is 5.75 Å². The Morgan fingerprint density at radius 1 is 1.14 bits per heavy atom. The molecule has 10 heteroatoms.